The van der Waals surface area contributed by atoms with Crippen molar-refractivity contribution in [1.82, 2.24) is 0 Å². The lowest BCUT2D eigenvalue weighted by Crippen LogP contribution is -2.36. The van der Waals surface area contributed by atoms with Crippen LogP contribution in [0.1, 0.15) is 121 Å². The van der Waals surface area contributed by atoms with Gasteiger partial charge in [-0.3, -0.25) is 0 Å². The van der Waals surface area contributed by atoms with Gasteiger partial charge in [-0.25, -0.2) is 0 Å². The van der Waals surface area contributed by atoms with Gasteiger partial charge >= 0.3 is 0 Å². The first kappa shape index (κ1) is 25.3. The molecular formula is C29H50O. The molecule has 0 saturated carbocycles. The van der Waals surface area contributed by atoms with E-state index in [0.29, 0.717) is 0 Å². The molecule has 0 aromatic heterocycles. The molecule has 30 heavy (non-hydrogen) atoms. The lowest BCUT2D eigenvalue weighted by Gasteiger charge is -2.37. The molecule has 0 bridgehead atoms. The van der Waals surface area contributed by atoms with Crippen LogP contribution in [0.2, 0.25) is 0 Å². The molecule has 1 nitrogen and oxygen atoms in total. The van der Waals surface area contributed by atoms with Crippen LogP contribution in [0.5, 0.6) is 5.75 Å². The zero-order chi connectivity index (χ0) is 22.3. The van der Waals surface area contributed by atoms with Crippen molar-refractivity contribution in [2.75, 3.05) is 0 Å². The molecule has 2 rings (SSSR count). The van der Waals surface area contributed by atoms with Crippen molar-refractivity contribution in [2.24, 2.45) is 17.8 Å². The number of hydrogen-bond donors (Lipinski definition) is 0. The van der Waals surface area contributed by atoms with Gasteiger partial charge in [0.2, 0.25) is 0 Å². The molecule has 0 amide bonds. The molecule has 0 N–H and O–H groups in total. The Hall–Kier alpha value is -0.980. The summed E-state index contributed by atoms with van der Waals surface area (Å²) < 4.78 is 6.63. The summed E-state index contributed by atoms with van der Waals surface area (Å²) in [6.45, 7) is 18.6. The van der Waals surface area contributed by atoms with Gasteiger partial charge < -0.3 is 4.74 Å². The lowest BCUT2D eigenvalue weighted by atomic mass is 9.84. The van der Waals surface area contributed by atoms with E-state index in [1.807, 2.05) is 0 Å². The lowest BCUT2D eigenvalue weighted by molar-refractivity contribution is 0.0515. The second-order valence-electron chi connectivity index (χ2n) is 11.3. The van der Waals surface area contributed by atoms with E-state index < -0.39 is 0 Å². The highest BCUT2D eigenvalue weighted by atomic mass is 16.5. The molecule has 1 aromatic rings. The van der Waals surface area contributed by atoms with Gasteiger partial charge in [-0.1, -0.05) is 78.7 Å². The van der Waals surface area contributed by atoms with Gasteiger partial charge in [-0.05, 0) is 93.4 Å². The van der Waals surface area contributed by atoms with Crippen LogP contribution in [0.15, 0.2) is 6.07 Å². The molecule has 1 heteroatoms. The van der Waals surface area contributed by atoms with E-state index in [0.717, 1.165) is 30.6 Å². The number of ether oxygens (including phenoxy) is 1. The van der Waals surface area contributed by atoms with E-state index in [-0.39, 0.29) is 5.60 Å². The predicted octanol–water partition coefficient (Wildman–Crippen LogP) is 9.13. The minimum Gasteiger partial charge on any atom is -0.487 e. The number of hydrogen-bond acceptors (Lipinski definition) is 1. The average Bonchev–Trinajstić information content (AvgIpc) is 2.67. The third-order valence-corrected chi connectivity index (χ3v) is 7.72. The zero-order valence-electron chi connectivity index (χ0n) is 21.5. The highest BCUT2D eigenvalue weighted by Crippen LogP contribution is 2.40. The number of fused-ring (bicyclic) bond motifs is 1. The Morgan fingerprint density at radius 1 is 0.833 bits per heavy atom. The van der Waals surface area contributed by atoms with E-state index in [2.05, 4.69) is 61.5 Å². The fourth-order valence-corrected chi connectivity index (χ4v) is 5.14. The van der Waals surface area contributed by atoms with Gasteiger partial charge in [0.05, 0.1) is 0 Å². The van der Waals surface area contributed by atoms with Crippen LogP contribution in [-0.4, -0.2) is 5.60 Å². The van der Waals surface area contributed by atoms with Gasteiger partial charge in [-0.2, -0.15) is 0 Å². The van der Waals surface area contributed by atoms with E-state index in [1.54, 1.807) is 0 Å². The predicted molar refractivity (Wildman–Crippen MR) is 133 cm³/mol. The summed E-state index contributed by atoms with van der Waals surface area (Å²) in [7, 11) is 0. The minimum atomic E-state index is 0.0180. The first-order valence-electron chi connectivity index (χ1n) is 12.9. The number of aryl methyl sites for hydroxylation is 2. The molecule has 0 radical (unpaired) electrons. The van der Waals surface area contributed by atoms with E-state index in [4.69, 9.17) is 4.74 Å². The Labute approximate surface area is 188 Å². The highest BCUT2D eigenvalue weighted by Gasteiger charge is 2.32. The number of benzene rings is 1. The maximum atomic E-state index is 6.63. The third-order valence-electron chi connectivity index (χ3n) is 7.72. The van der Waals surface area contributed by atoms with Crippen molar-refractivity contribution in [3.05, 3.63) is 28.3 Å². The van der Waals surface area contributed by atoms with E-state index >= 15 is 0 Å². The van der Waals surface area contributed by atoms with Crippen LogP contribution >= 0.6 is 0 Å². The van der Waals surface area contributed by atoms with Crippen molar-refractivity contribution < 1.29 is 4.74 Å². The number of rotatable bonds is 12. The van der Waals surface area contributed by atoms with E-state index in [9.17, 15) is 0 Å². The molecule has 1 heterocycles. The smallest absolute Gasteiger partial charge is 0.126 e. The van der Waals surface area contributed by atoms with Gasteiger partial charge in [0.25, 0.3) is 0 Å². The summed E-state index contributed by atoms with van der Waals surface area (Å²) in [5, 5.41) is 0. The normalized spacial score (nSPS) is 20.7. The molecule has 0 aliphatic carbocycles. The SMILES string of the molecule is Cc1cc2c(c(C)c1C)OC(C)(CCC[C@H](C)CCC[C@H](C)CCCC(C)C)CC2. The monoisotopic (exact) mass is 414 g/mol. The maximum Gasteiger partial charge on any atom is 0.126 e. The van der Waals surface area contributed by atoms with Crippen molar-refractivity contribution in [3.8, 4) is 5.75 Å². The average molecular weight is 415 g/mol. The van der Waals surface area contributed by atoms with Crippen LogP contribution in [0, 0.1) is 38.5 Å². The molecule has 0 saturated heterocycles. The first-order valence-corrected chi connectivity index (χ1v) is 12.9. The van der Waals surface area contributed by atoms with Crippen LogP contribution in [-0.2, 0) is 6.42 Å². The topological polar surface area (TPSA) is 9.23 Å². The van der Waals surface area contributed by atoms with Gasteiger partial charge in [0, 0.05) is 0 Å². The van der Waals surface area contributed by atoms with Crippen LogP contribution in [0.4, 0.5) is 0 Å². The van der Waals surface area contributed by atoms with Gasteiger partial charge in [0.15, 0.2) is 0 Å². The largest absolute Gasteiger partial charge is 0.487 e. The Balaban J connectivity index is 1.69. The Morgan fingerprint density at radius 2 is 1.40 bits per heavy atom. The standard InChI is InChI=1S/C29H50O/c1-21(2)12-9-13-22(3)14-10-15-23(4)16-11-18-29(8)19-17-27-20-24(5)25(6)26(7)28(27)30-29/h20-23H,9-19H2,1-8H3/t22-,23-,29?/m1/s1. The van der Waals surface area contributed by atoms with Crippen LogP contribution in [0.3, 0.4) is 0 Å². The van der Waals surface area contributed by atoms with E-state index in [1.165, 1.54) is 85.8 Å². The van der Waals surface area contributed by atoms with Crippen molar-refractivity contribution in [2.45, 2.75) is 132 Å². The second kappa shape index (κ2) is 11.6. The quantitative estimate of drug-likeness (QED) is 0.331. The molecule has 0 spiro atoms. The Bertz CT molecular complexity index is 659. The van der Waals surface area contributed by atoms with Crippen LogP contribution in [0.25, 0.3) is 0 Å². The van der Waals surface area contributed by atoms with Crippen molar-refractivity contribution in [3.63, 3.8) is 0 Å². The molecule has 1 aromatic carbocycles. The van der Waals surface area contributed by atoms with Crippen LogP contribution < -0.4 is 4.74 Å². The maximum absolute atomic E-state index is 6.63. The molecule has 1 unspecified atom stereocenters. The third kappa shape index (κ3) is 7.61. The Morgan fingerprint density at radius 3 is 2.00 bits per heavy atom. The molecule has 3 atom stereocenters. The molecule has 0 fully saturated rings. The summed E-state index contributed by atoms with van der Waals surface area (Å²) in [6, 6.07) is 2.35. The highest BCUT2D eigenvalue weighted by molar-refractivity contribution is 5.50. The first-order chi connectivity index (χ1) is 14.1. The summed E-state index contributed by atoms with van der Waals surface area (Å²) in [6.07, 6.45) is 14.6. The minimum absolute atomic E-state index is 0.0180. The molecule has 1 aliphatic rings. The summed E-state index contributed by atoms with van der Waals surface area (Å²) in [5.41, 5.74) is 5.59. The fourth-order valence-electron chi connectivity index (χ4n) is 5.14. The summed E-state index contributed by atoms with van der Waals surface area (Å²) >= 11 is 0. The fraction of sp³-hybridized carbons (Fsp3) is 0.793. The second-order valence-corrected chi connectivity index (χ2v) is 11.3. The summed E-state index contributed by atoms with van der Waals surface area (Å²) in [5.74, 6) is 3.80. The zero-order valence-corrected chi connectivity index (χ0v) is 21.5. The van der Waals surface area contributed by atoms with Crippen molar-refractivity contribution in [1.29, 1.82) is 0 Å². The molecule has 1 aliphatic heterocycles. The summed E-state index contributed by atoms with van der Waals surface area (Å²) in [4.78, 5) is 0. The van der Waals surface area contributed by atoms with Gasteiger partial charge in [-0.15, -0.1) is 0 Å². The van der Waals surface area contributed by atoms with Crippen molar-refractivity contribution >= 4 is 0 Å². The molecule has 172 valence electrons. The Kier molecular flexibility index (Phi) is 9.76. The molecular weight excluding hydrogens is 364 g/mol. The van der Waals surface area contributed by atoms with Gasteiger partial charge in [0.1, 0.15) is 11.4 Å².